The molecule has 6 nitrogen and oxygen atoms in total. The van der Waals surface area contributed by atoms with Crippen molar-refractivity contribution in [3.05, 3.63) is 65.6 Å². The standard InChI is InChI=1S/C21H26N4O2/c1-16-8-6-13-25-14-17(23-20(16)25)15-27-19-10-5-4-9-18(19)21(26)22-11-7-12-24(2)3/h4-6,8-10,13-14H,7,11-12,15H2,1-3H3,(H,22,26). The Kier molecular flexibility index (Phi) is 6.08. The molecule has 0 spiro atoms. The number of carbonyl (C=O) groups is 1. The van der Waals surface area contributed by atoms with Crippen molar-refractivity contribution in [3.63, 3.8) is 0 Å². The van der Waals surface area contributed by atoms with Gasteiger partial charge in [0.25, 0.3) is 5.91 Å². The zero-order valence-electron chi connectivity index (χ0n) is 16.1. The Morgan fingerprint density at radius 3 is 2.81 bits per heavy atom. The second kappa shape index (κ2) is 8.68. The molecule has 0 bridgehead atoms. The summed E-state index contributed by atoms with van der Waals surface area (Å²) in [6.07, 6.45) is 4.82. The van der Waals surface area contributed by atoms with Gasteiger partial charge in [0.15, 0.2) is 0 Å². The van der Waals surface area contributed by atoms with Crippen molar-refractivity contribution >= 4 is 11.6 Å². The van der Waals surface area contributed by atoms with Crippen LogP contribution in [0, 0.1) is 6.92 Å². The average Bonchev–Trinajstić information content (AvgIpc) is 3.08. The van der Waals surface area contributed by atoms with Crippen LogP contribution in [0.1, 0.15) is 28.0 Å². The van der Waals surface area contributed by atoms with E-state index in [2.05, 4.69) is 15.2 Å². The summed E-state index contributed by atoms with van der Waals surface area (Å²) < 4.78 is 7.90. The van der Waals surface area contributed by atoms with Crippen molar-refractivity contribution in [2.24, 2.45) is 0 Å². The van der Waals surface area contributed by atoms with E-state index < -0.39 is 0 Å². The van der Waals surface area contributed by atoms with Gasteiger partial charge in [-0.1, -0.05) is 18.2 Å². The number of pyridine rings is 1. The molecule has 3 aromatic rings. The molecule has 0 aliphatic carbocycles. The first-order chi connectivity index (χ1) is 13.0. The lowest BCUT2D eigenvalue weighted by Crippen LogP contribution is -2.27. The van der Waals surface area contributed by atoms with E-state index in [9.17, 15) is 4.79 Å². The number of ether oxygens (including phenoxy) is 1. The van der Waals surface area contributed by atoms with Crippen LogP contribution >= 0.6 is 0 Å². The summed E-state index contributed by atoms with van der Waals surface area (Å²) in [5, 5.41) is 2.96. The van der Waals surface area contributed by atoms with Gasteiger partial charge < -0.3 is 19.4 Å². The van der Waals surface area contributed by atoms with Gasteiger partial charge in [-0.3, -0.25) is 4.79 Å². The van der Waals surface area contributed by atoms with Gasteiger partial charge in [-0.25, -0.2) is 4.98 Å². The van der Waals surface area contributed by atoms with Crippen LogP contribution in [0.25, 0.3) is 5.65 Å². The lowest BCUT2D eigenvalue weighted by atomic mass is 10.2. The van der Waals surface area contributed by atoms with E-state index >= 15 is 0 Å². The Balaban J connectivity index is 1.64. The van der Waals surface area contributed by atoms with Crippen molar-refractivity contribution in [2.45, 2.75) is 20.0 Å². The van der Waals surface area contributed by atoms with Gasteiger partial charge in [0.2, 0.25) is 0 Å². The minimum Gasteiger partial charge on any atom is -0.486 e. The number of nitrogens with zero attached hydrogens (tertiary/aromatic N) is 3. The van der Waals surface area contributed by atoms with Crippen LogP contribution in [-0.4, -0.2) is 47.4 Å². The number of carbonyl (C=O) groups excluding carboxylic acids is 1. The fraction of sp³-hybridized carbons (Fsp3) is 0.333. The third-order valence-corrected chi connectivity index (χ3v) is 4.30. The molecule has 27 heavy (non-hydrogen) atoms. The minimum absolute atomic E-state index is 0.116. The molecule has 0 saturated carbocycles. The number of amides is 1. The highest BCUT2D eigenvalue weighted by Crippen LogP contribution is 2.20. The highest BCUT2D eigenvalue weighted by atomic mass is 16.5. The molecule has 0 unspecified atom stereocenters. The predicted molar refractivity (Wildman–Crippen MR) is 106 cm³/mol. The molecule has 3 rings (SSSR count). The molecule has 0 fully saturated rings. The number of fused-ring (bicyclic) bond motifs is 1. The zero-order chi connectivity index (χ0) is 19.2. The van der Waals surface area contributed by atoms with Crippen LogP contribution in [0.2, 0.25) is 0 Å². The Labute approximate surface area is 159 Å². The lowest BCUT2D eigenvalue weighted by Gasteiger charge is -2.12. The fourth-order valence-corrected chi connectivity index (χ4v) is 2.90. The molecular weight excluding hydrogens is 340 g/mol. The Bertz CT molecular complexity index is 917. The zero-order valence-corrected chi connectivity index (χ0v) is 16.1. The summed E-state index contributed by atoms with van der Waals surface area (Å²) >= 11 is 0. The van der Waals surface area contributed by atoms with Gasteiger partial charge in [-0.15, -0.1) is 0 Å². The van der Waals surface area contributed by atoms with Crippen LogP contribution in [0.15, 0.2) is 48.8 Å². The second-order valence-corrected chi connectivity index (χ2v) is 6.85. The summed E-state index contributed by atoms with van der Waals surface area (Å²) in [4.78, 5) is 19.2. The molecule has 0 aliphatic heterocycles. The highest BCUT2D eigenvalue weighted by molar-refractivity contribution is 5.96. The lowest BCUT2D eigenvalue weighted by molar-refractivity contribution is 0.0947. The van der Waals surface area contributed by atoms with Crippen LogP contribution in [0.5, 0.6) is 5.75 Å². The van der Waals surface area contributed by atoms with Crippen molar-refractivity contribution in [2.75, 3.05) is 27.2 Å². The molecule has 0 saturated heterocycles. The Morgan fingerprint density at radius 1 is 1.22 bits per heavy atom. The number of imidazole rings is 1. The largest absolute Gasteiger partial charge is 0.486 e. The quantitative estimate of drug-likeness (QED) is 0.623. The van der Waals surface area contributed by atoms with E-state index in [1.165, 1.54) is 0 Å². The molecule has 0 radical (unpaired) electrons. The highest BCUT2D eigenvalue weighted by Gasteiger charge is 2.12. The number of aromatic nitrogens is 2. The van der Waals surface area contributed by atoms with Gasteiger partial charge >= 0.3 is 0 Å². The minimum atomic E-state index is -0.116. The summed E-state index contributed by atoms with van der Waals surface area (Å²) in [7, 11) is 4.04. The molecule has 142 valence electrons. The van der Waals surface area contributed by atoms with E-state index in [-0.39, 0.29) is 5.91 Å². The number of para-hydroxylation sites is 1. The SMILES string of the molecule is Cc1cccn2cc(COc3ccccc3C(=O)NCCCN(C)C)nc12. The third-order valence-electron chi connectivity index (χ3n) is 4.30. The summed E-state index contributed by atoms with van der Waals surface area (Å²) in [5.41, 5.74) is 3.40. The third kappa shape index (κ3) is 4.86. The van der Waals surface area contributed by atoms with Crippen molar-refractivity contribution in [3.8, 4) is 5.75 Å². The number of nitrogens with one attached hydrogen (secondary N) is 1. The molecule has 0 aliphatic rings. The molecule has 2 heterocycles. The van der Waals surface area contributed by atoms with Gasteiger partial charge in [0.05, 0.1) is 11.3 Å². The normalized spacial score (nSPS) is 11.1. The molecule has 1 aromatic carbocycles. The Morgan fingerprint density at radius 2 is 2.04 bits per heavy atom. The maximum Gasteiger partial charge on any atom is 0.255 e. The van der Waals surface area contributed by atoms with Gasteiger partial charge in [0.1, 0.15) is 18.0 Å². The maximum atomic E-state index is 12.5. The predicted octanol–water partition coefficient (Wildman–Crippen LogP) is 2.90. The van der Waals surface area contributed by atoms with Gasteiger partial charge in [-0.05, 0) is 57.7 Å². The van der Waals surface area contributed by atoms with Gasteiger partial charge in [0, 0.05) is 18.9 Å². The molecular formula is C21H26N4O2. The molecule has 6 heteroatoms. The first-order valence-corrected chi connectivity index (χ1v) is 9.12. The maximum absolute atomic E-state index is 12.5. The van der Waals surface area contributed by atoms with Crippen LogP contribution in [0.3, 0.4) is 0 Å². The van der Waals surface area contributed by atoms with Crippen LogP contribution in [-0.2, 0) is 6.61 Å². The second-order valence-electron chi connectivity index (χ2n) is 6.85. The van der Waals surface area contributed by atoms with E-state index in [0.717, 1.165) is 29.9 Å². The Hall–Kier alpha value is -2.86. The number of aryl methyl sites for hydroxylation is 1. The smallest absolute Gasteiger partial charge is 0.255 e. The first kappa shape index (κ1) is 18.9. The first-order valence-electron chi connectivity index (χ1n) is 9.12. The molecule has 1 N–H and O–H groups in total. The van der Waals surface area contributed by atoms with E-state index in [1.54, 1.807) is 6.07 Å². The van der Waals surface area contributed by atoms with Crippen molar-refractivity contribution in [1.29, 1.82) is 0 Å². The number of hydrogen-bond acceptors (Lipinski definition) is 4. The summed E-state index contributed by atoms with van der Waals surface area (Å²) in [6, 6.07) is 11.3. The topological polar surface area (TPSA) is 58.9 Å². The number of rotatable bonds is 8. The van der Waals surface area contributed by atoms with E-state index in [4.69, 9.17) is 4.74 Å². The molecule has 2 aromatic heterocycles. The molecule has 1 amide bonds. The summed E-state index contributed by atoms with van der Waals surface area (Å²) in [6.45, 7) is 3.91. The van der Waals surface area contributed by atoms with Crippen molar-refractivity contribution < 1.29 is 9.53 Å². The number of benzene rings is 1. The van der Waals surface area contributed by atoms with Crippen LogP contribution in [0.4, 0.5) is 0 Å². The summed E-state index contributed by atoms with van der Waals surface area (Å²) in [5.74, 6) is 0.451. The number of hydrogen-bond donors (Lipinski definition) is 1. The van der Waals surface area contributed by atoms with E-state index in [1.807, 2.05) is 68.1 Å². The monoisotopic (exact) mass is 366 g/mol. The van der Waals surface area contributed by atoms with E-state index in [0.29, 0.717) is 24.5 Å². The molecule has 0 atom stereocenters. The fourth-order valence-electron chi connectivity index (χ4n) is 2.90. The van der Waals surface area contributed by atoms with Gasteiger partial charge in [-0.2, -0.15) is 0 Å². The van der Waals surface area contributed by atoms with Crippen molar-refractivity contribution in [1.82, 2.24) is 19.6 Å². The average molecular weight is 366 g/mol. The van der Waals surface area contributed by atoms with Crippen LogP contribution < -0.4 is 10.1 Å².